The molecule has 3 nitrogen and oxygen atoms in total. The summed E-state index contributed by atoms with van der Waals surface area (Å²) in [7, 11) is 0. The molecule has 2 aromatic rings. The van der Waals surface area contributed by atoms with Crippen molar-refractivity contribution < 1.29 is 9.53 Å². The number of carbonyl (C=O) groups excluding carboxylic acids is 1. The van der Waals surface area contributed by atoms with E-state index in [4.69, 9.17) is 4.74 Å². The van der Waals surface area contributed by atoms with E-state index in [1.54, 1.807) is 0 Å². The number of hydrogen-bond acceptors (Lipinski definition) is 2. The molecular formula is C19H21NO2. The van der Waals surface area contributed by atoms with E-state index in [1.807, 2.05) is 48.5 Å². The van der Waals surface area contributed by atoms with Crippen LogP contribution in [0.2, 0.25) is 0 Å². The number of benzene rings is 2. The number of carbonyl (C=O) groups is 1. The third-order valence-corrected chi connectivity index (χ3v) is 4.25. The first-order chi connectivity index (χ1) is 10.8. The first-order valence-corrected chi connectivity index (χ1v) is 7.83. The number of nitrogens with one attached hydrogen (secondary N) is 1. The van der Waals surface area contributed by atoms with Gasteiger partial charge in [-0.05, 0) is 37.0 Å². The molecule has 0 bridgehead atoms. The maximum absolute atomic E-state index is 12.2. The average Bonchev–Trinajstić information content (AvgIpc) is 2.53. The van der Waals surface area contributed by atoms with E-state index < -0.39 is 0 Å². The van der Waals surface area contributed by atoms with Crippen LogP contribution in [-0.4, -0.2) is 12.5 Å². The highest BCUT2D eigenvalue weighted by molar-refractivity contribution is 5.77. The van der Waals surface area contributed by atoms with Gasteiger partial charge in [0.1, 0.15) is 5.75 Å². The zero-order valence-corrected chi connectivity index (χ0v) is 12.6. The first-order valence-electron chi connectivity index (χ1n) is 7.83. The Morgan fingerprint density at radius 3 is 2.23 bits per heavy atom. The Bertz CT molecular complexity index is 606. The van der Waals surface area contributed by atoms with Crippen molar-refractivity contribution in [3.63, 3.8) is 0 Å². The van der Waals surface area contributed by atoms with Gasteiger partial charge >= 0.3 is 0 Å². The first kappa shape index (κ1) is 14.6. The Morgan fingerprint density at radius 1 is 1.00 bits per heavy atom. The van der Waals surface area contributed by atoms with Gasteiger partial charge < -0.3 is 10.1 Å². The van der Waals surface area contributed by atoms with E-state index in [2.05, 4.69) is 17.4 Å². The van der Waals surface area contributed by atoms with Crippen LogP contribution in [0.4, 0.5) is 0 Å². The number of hydrogen-bond donors (Lipinski definition) is 1. The average molecular weight is 295 g/mol. The van der Waals surface area contributed by atoms with E-state index in [9.17, 15) is 4.79 Å². The summed E-state index contributed by atoms with van der Waals surface area (Å²) in [6, 6.07) is 19.8. The van der Waals surface area contributed by atoms with Crippen molar-refractivity contribution in [2.24, 2.45) is 0 Å². The zero-order chi connectivity index (χ0) is 15.3. The topological polar surface area (TPSA) is 38.3 Å². The molecule has 0 heterocycles. The Hall–Kier alpha value is -2.29. The van der Waals surface area contributed by atoms with Crippen molar-refractivity contribution in [2.45, 2.75) is 31.2 Å². The molecule has 0 radical (unpaired) electrons. The van der Waals surface area contributed by atoms with Gasteiger partial charge in [-0.1, -0.05) is 48.5 Å². The minimum Gasteiger partial charge on any atom is -0.493 e. The lowest BCUT2D eigenvalue weighted by Crippen LogP contribution is -2.51. The number of amides is 1. The second-order valence-corrected chi connectivity index (χ2v) is 5.76. The molecule has 0 saturated heterocycles. The summed E-state index contributed by atoms with van der Waals surface area (Å²) in [6.45, 7) is 0.403. The maximum atomic E-state index is 12.2. The van der Waals surface area contributed by atoms with Crippen molar-refractivity contribution in [3.05, 3.63) is 66.2 Å². The normalized spacial score (nSPS) is 15.6. The van der Waals surface area contributed by atoms with Gasteiger partial charge in [0, 0.05) is 0 Å². The molecule has 0 aliphatic heterocycles. The number of ether oxygens (including phenoxy) is 1. The summed E-state index contributed by atoms with van der Waals surface area (Å²) >= 11 is 0. The van der Waals surface area contributed by atoms with Crippen LogP contribution in [0.25, 0.3) is 0 Å². The van der Waals surface area contributed by atoms with Crippen LogP contribution < -0.4 is 10.1 Å². The minimum atomic E-state index is -0.162. The molecule has 0 aromatic heterocycles. The summed E-state index contributed by atoms with van der Waals surface area (Å²) in [5.41, 5.74) is 1.05. The van der Waals surface area contributed by atoms with Gasteiger partial charge in [-0.25, -0.2) is 0 Å². The summed E-state index contributed by atoms with van der Waals surface area (Å²) in [5, 5.41) is 3.21. The minimum absolute atomic E-state index is 0.0551. The third kappa shape index (κ3) is 3.30. The van der Waals surface area contributed by atoms with Crippen LogP contribution in [0.5, 0.6) is 5.75 Å². The summed E-state index contributed by atoms with van der Waals surface area (Å²) in [4.78, 5) is 12.2. The van der Waals surface area contributed by atoms with Crippen molar-refractivity contribution in [3.8, 4) is 5.75 Å². The Morgan fingerprint density at radius 2 is 1.64 bits per heavy atom. The molecule has 1 amide bonds. The predicted octanol–water partition coefficient (Wildman–Crippen LogP) is 3.65. The second-order valence-electron chi connectivity index (χ2n) is 5.76. The maximum Gasteiger partial charge on any atom is 0.224 e. The highest BCUT2D eigenvalue weighted by atomic mass is 16.5. The molecule has 0 unspecified atom stereocenters. The van der Waals surface area contributed by atoms with Crippen LogP contribution in [0.3, 0.4) is 0 Å². The van der Waals surface area contributed by atoms with Gasteiger partial charge in [0.05, 0.1) is 18.6 Å². The van der Waals surface area contributed by atoms with E-state index in [1.165, 1.54) is 5.56 Å². The standard InChI is InChI=1S/C19H21NO2/c21-18(12-15-22-17-10-5-2-6-11-17)20-19(13-7-14-19)16-8-3-1-4-9-16/h1-6,8-11H,7,12-15H2,(H,20,21). The summed E-state index contributed by atoms with van der Waals surface area (Å²) < 4.78 is 5.59. The molecule has 114 valence electrons. The van der Waals surface area contributed by atoms with Crippen molar-refractivity contribution in [1.82, 2.24) is 5.32 Å². The van der Waals surface area contributed by atoms with Crippen molar-refractivity contribution in [1.29, 1.82) is 0 Å². The molecule has 22 heavy (non-hydrogen) atoms. The molecule has 2 aromatic carbocycles. The van der Waals surface area contributed by atoms with Gasteiger partial charge in [0.2, 0.25) is 5.91 Å². The van der Waals surface area contributed by atoms with Gasteiger partial charge in [0.15, 0.2) is 0 Å². The molecule has 0 spiro atoms. The Balaban J connectivity index is 1.53. The lowest BCUT2D eigenvalue weighted by Gasteiger charge is -2.43. The Labute approximate surface area is 131 Å². The molecule has 3 heteroatoms. The van der Waals surface area contributed by atoms with E-state index in [0.717, 1.165) is 25.0 Å². The fourth-order valence-electron chi connectivity index (χ4n) is 2.88. The molecule has 0 atom stereocenters. The molecule has 3 rings (SSSR count). The second kappa shape index (κ2) is 6.65. The molecule has 1 saturated carbocycles. The molecule has 1 aliphatic carbocycles. The van der Waals surface area contributed by atoms with E-state index >= 15 is 0 Å². The van der Waals surface area contributed by atoms with E-state index in [-0.39, 0.29) is 11.4 Å². The highest BCUT2D eigenvalue weighted by Gasteiger charge is 2.39. The Kier molecular flexibility index (Phi) is 4.42. The monoisotopic (exact) mass is 295 g/mol. The predicted molar refractivity (Wildman–Crippen MR) is 86.7 cm³/mol. The SMILES string of the molecule is O=C(CCOc1ccccc1)NC1(c2ccccc2)CCC1. The molecule has 1 N–H and O–H groups in total. The quantitative estimate of drug-likeness (QED) is 0.883. The summed E-state index contributed by atoms with van der Waals surface area (Å²) in [5.74, 6) is 0.858. The highest BCUT2D eigenvalue weighted by Crippen LogP contribution is 2.41. The molecule has 1 aliphatic rings. The zero-order valence-electron chi connectivity index (χ0n) is 12.6. The fraction of sp³-hybridized carbons (Fsp3) is 0.316. The fourth-order valence-corrected chi connectivity index (χ4v) is 2.88. The molecular weight excluding hydrogens is 274 g/mol. The van der Waals surface area contributed by atoms with Crippen LogP contribution in [-0.2, 0) is 10.3 Å². The van der Waals surface area contributed by atoms with Crippen molar-refractivity contribution >= 4 is 5.91 Å². The van der Waals surface area contributed by atoms with E-state index in [0.29, 0.717) is 13.0 Å². The van der Waals surface area contributed by atoms with Gasteiger partial charge in [-0.15, -0.1) is 0 Å². The van der Waals surface area contributed by atoms with Crippen LogP contribution >= 0.6 is 0 Å². The van der Waals surface area contributed by atoms with Gasteiger partial charge in [-0.2, -0.15) is 0 Å². The lowest BCUT2D eigenvalue weighted by atomic mass is 9.71. The third-order valence-electron chi connectivity index (χ3n) is 4.25. The van der Waals surface area contributed by atoms with Crippen LogP contribution in [0.15, 0.2) is 60.7 Å². The largest absolute Gasteiger partial charge is 0.493 e. The van der Waals surface area contributed by atoms with Gasteiger partial charge in [-0.3, -0.25) is 4.79 Å². The smallest absolute Gasteiger partial charge is 0.224 e. The summed E-state index contributed by atoms with van der Waals surface area (Å²) in [6.07, 6.45) is 3.57. The number of para-hydroxylation sites is 1. The lowest BCUT2D eigenvalue weighted by molar-refractivity contribution is -0.124. The van der Waals surface area contributed by atoms with Gasteiger partial charge in [0.25, 0.3) is 0 Å². The number of rotatable bonds is 6. The van der Waals surface area contributed by atoms with Crippen molar-refractivity contribution in [2.75, 3.05) is 6.61 Å². The molecule has 1 fully saturated rings. The van der Waals surface area contributed by atoms with Crippen LogP contribution in [0.1, 0.15) is 31.2 Å². The van der Waals surface area contributed by atoms with Crippen LogP contribution in [0, 0.1) is 0 Å².